The van der Waals surface area contributed by atoms with E-state index in [1.54, 1.807) is 0 Å². The first-order chi connectivity index (χ1) is 23.5. The first-order valence-corrected chi connectivity index (χ1v) is 30.7. The van der Waals surface area contributed by atoms with E-state index in [0.29, 0.717) is 23.2 Å². The topological polar surface area (TPSA) is 27.7 Å². The standard InChI is InChI=1S/C46H86O3Si3/c1-33(2)46(34(3)4,49-50(14,15)16)30-21-23-35(5)40-27-28-41-37(24-22-29-45(40,41)13)25-26-38-31-39(47-51(17,18)43(7,8)9)32-42(36(38)6)48-52(19,20)44(10,11)12/h24,33-35,39-42H,21-23,27-32H2,1-20H3/t35?,39?,40?,41?,42?,45-/m1/s1. The van der Waals surface area contributed by atoms with E-state index < -0.39 is 25.0 Å². The first kappa shape index (κ1) is 46.0. The molecule has 6 heteroatoms. The van der Waals surface area contributed by atoms with E-state index in [4.69, 9.17) is 13.3 Å². The van der Waals surface area contributed by atoms with Crippen molar-refractivity contribution in [1.29, 1.82) is 0 Å². The molecule has 5 unspecified atom stereocenters. The summed E-state index contributed by atoms with van der Waals surface area (Å²) in [6, 6.07) is 0. The third kappa shape index (κ3) is 10.5. The Balaban J connectivity index is 1.84. The summed E-state index contributed by atoms with van der Waals surface area (Å²) < 4.78 is 21.3. The van der Waals surface area contributed by atoms with E-state index >= 15 is 0 Å². The summed E-state index contributed by atoms with van der Waals surface area (Å²) in [7, 11) is -5.59. The van der Waals surface area contributed by atoms with Crippen LogP contribution in [0.25, 0.3) is 0 Å². The molecule has 52 heavy (non-hydrogen) atoms. The molecule has 0 spiro atoms. The van der Waals surface area contributed by atoms with Crippen molar-refractivity contribution in [2.24, 2.45) is 35.0 Å². The van der Waals surface area contributed by atoms with Gasteiger partial charge in [-0.05, 0) is 136 Å². The smallest absolute Gasteiger partial charge is 0.192 e. The monoisotopic (exact) mass is 771 g/mol. The van der Waals surface area contributed by atoms with Crippen LogP contribution in [0.4, 0.5) is 0 Å². The Bertz CT molecular complexity index is 1330. The highest BCUT2D eigenvalue weighted by atomic mass is 28.4. The Hall–Kier alpha value is -0.429. The largest absolute Gasteiger partial charge is 0.413 e. The van der Waals surface area contributed by atoms with Gasteiger partial charge in [-0.15, -0.1) is 0 Å². The van der Waals surface area contributed by atoms with Gasteiger partial charge in [-0.3, -0.25) is 0 Å². The molecule has 3 aliphatic carbocycles. The van der Waals surface area contributed by atoms with Crippen LogP contribution >= 0.6 is 0 Å². The lowest BCUT2D eigenvalue weighted by molar-refractivity contribution is -0.0395. The van der Waals surface area contributed by atoms with Crippen molar-refractivity contribution in [3.8, 4) is 11.8 Å². The molecule has 6 atom stereocenters. The van der Waals surface area contributed by atoms with Crippen LogP contribution in [-0.2, 0) is 13.3 Å². The van der Waals surface area contributed by atoms with Gasteiger partial charge in [-0.2, -0.15) is 0 Å². The van der Waals surface area contributed by atoms with E-state index in [1.165, 1.54) is 55.2 Å². The third-order valence-corrected chi connectivity index (χ3v) is 24.9. The molecule has 0 aromatic carbocycles. The van der Waals surface area contributed by atoms with Crippen LogP contribution in [0.1, 0.15) is 148 Å². The average molecular weight is 771 g/mol. The fourth-order valence-electron chi connectivity index (χ4n) is 9.62. The molecule has 0 saturated heterocycles. The molecule has 0 radical (unpaired) electrons. The zero-order chi connectivity index (χ0) is 39.9. The maximum Gasteiger partial charge on any atom is 0.192 e. The van der Waals surface area contributed by atoms with Crippen LogP contribution in [0, 0.1) is 46.8 Å². The van der Waals surface area contributed by atoms with Crippen molar-refractivity contribution in [2.75, 3.05) is 0 Å². The van der Waals surface area contributed by atoms with E-state index in [0.717, 1.165) is 31.1 Å². The normalized spacial score (nSPS) is 27.5. The lowest BCUT2D eigenvalue weighted by atomic mass is 9.62. The van der Waals surface area contributed by atoms with E-state index in [9.17, 15) is 0 Å². The SMILES string of the molecule is CC1=C(C#CC2=CCC[C@@]3(C)C2CCC3C(C)CCCC(O[Si](C)(C)C)(C(C)C)C(C)C)CC(O[Si](C)(C)C(C)(C)C)CC1O[Si](C)(C)C(C)(C)C. The fraction of sp³-hybridized carbons (Fsp3) is 0.870. The zero-order valence-electron chi connectivity index (χ0n) is 38.2. The van der Waals surface area contributed by atoms with Crippen LogP contribution < -0.4 is 0 Å². The molecule has 3 aliphatic rings. The van der Waals surface area contributed by atoms with Crippen LogP contribution in [-0.4, -0.2) is 42.8 Å². The maximum absolute atomic E-state index is 7.16. The minimum atomic E-state index is -1.98. The quantitative estimate of drug-likeness (QED) is 0.138. The Kier molecular flexibility index (Phi) is 14.7. The number of fused-ring (bicyclic) bond motifs is 1. The predicted molar refractivity (Wildman–Crippen MR) is 235 cm³/mol. The number of hydrogen-bond donors (Lipinski definition) is 0. The van der Waals surface area contributed by atoms with Crippen molar-refractivity contribution in [1.82, 2.24) is 0 Å². The third-order valence-electron chi connectivity index (χ3n) is 14.9. The zero-order valence-corrected chi connectivity index (χ0v) is 41.2. The van der Waals surface area contributed by atoms with Crippen molar-refractivity contribution in [3.05, 3.63) is 22.8 Å². The Labute approximate surface area is 328 Å². The highest BCUT2D eigenvalue weighted by molar-refractivity contribution is 6.74. The summed E-state index contributed by atoms with van der Waals surface area (Å²) in [5.41, 5.74) is 4.35. The summed E-state index contributed by atoms with van der Waals surface area (Å²) >= 11 is 0. The van der Waals surface area contributed by atoms with Crippen molar-refractivity contribution < 1.29 is 13.3 Å². The molecule has 0 amide bonds. The highest BCUT2D eigenvalue weighted by Gasteiger charge is 2.51. The van der Waals surface area contributed by atoms with Gasteiger partial charge in [0.05, 0.1) is 17.8 Å². The molecule has 0 aliphatic heterocycles. The van der Waals surface area contributed by atoms with Crippen LogP contribution in [0.2, 0.25) is 55.9 Å². The van der Waals surface area contributed by atoms with Gasteiger partial charge in [-0.25, -0.2) is 0 Å². The summed E-state index contributed by atoms with van der Waals surface area (Å²) in [5.74, 6) is 10.8. The molecule has 0 bridgehead atoms. The second-order valence-electron chi connectivity index (χ2n) is 22.5. The number of rotatable bonds is 13. The molecule has 3 nitrogen and oxygen atoms in total. The maximum atomic E-state index is 7.16. The van der Waals surface area contributed by atoms with Crippen LogP contribution in [0.5, 0.6) is 0 Å². The number of hydrogen-bond acceptors (Lipinski definition) is 3. The Morgan fingerprint density at radius 1 is 0.827 bits per heavy atom. The predicted octanol–water partition coefficient (Wildman–Crippen LogP) is 14.3. The van der Waals surface area contributed by atoms with Crippen molar-refractivity contribution in [3.63, 3.8) is 0 Å². The van der Waals surface area contributed by atoms with Crippen molar-refractivity contribution >= 4 is 25.0 Å². The first-order valence-electron chi connectivity index (χ1n) is 21.4. The summed E-state index contributed by atoms with van der Waals surface area (Å²) in [6.07, 6.45) is 13.4. The number of allylic oxidation sites excluding steroid dienone is 2. The average Bonchev–Trinajstić information content (AvgIpc) is 3.32. The van der Waals surface area contributed by atoms with E-state index in [1.807, 2.05) is 0 Å². The van der Waals surface area contributed by atoms with Gasteiger partial charge >= 0.3 is 0 Å². The fourth-order valence-corrected chi connectivity index (χ4v) is 14.0. The minimum Gasteiger partial charge on any atom is -0.413 e. The van der Waals surface area contributed by atoms with Gasteiger partial charge in [0.1, 0.15) is 0 Å². The second-order valence-corrected chi connectivity index (χ2v) is 36.4. The van der Waals surface area contributed by atoms with Gasteiger partial charge < -0.3 is 13.3 Å². The molecule has 0 aromatic heterocycles. The molecule has 1 fully saturated rings. The second kappa shape index (κ2) is 16.6. The van der Waals surface area contributed by atoms with E-state index in [2.05, 4.69) is 154 Å². The van der Waals surface area contributed by atoms with Gasteiger partial charge in [0.25, 0.3) is 0 Å². The van der Waals surface area contributed by atoms with Crippen LogP contribution in [0.3, 0.4) is 0 Å². The molecule has 0 aromatic rings. The van der Waals surface area contributed by atoms with Gasteiger partial charge in [0.2, 0.25) is 0 Å². The van der Waals surface area contributed by atoms with E-state index in [-0.39, 0.29) is 27.9 Å². The molecular weight excluding hydrogens is 685 g/mol. The van der Waals surface area contributed by atoms with Gasteiger partial charge in [0.15, 0.2) is 25.0 Å². The molecular formula is C46H86O3Si3. The lowest BCUT2D eigenvalue weighted by Gasteiger charge is -2.46. The molecule has 3 rings (SSSR count). The lowest BCUT2D eigenvalue weighted by Crippen LogP contribution is -2.50. The highest BCUT2D eigenvalue weighted by Crippen LogP contribution is 2.58. The summed E-state index contributed by atoms with van der Waals surface area (Å²) in [6.45, 7) is 47.8. The minimum absolute atomic E-state index is 0.0158. The van der Waals surface area contributed by atoms with Crippen molar-refractivity contribution in [2.45, 2.75) is 222 Å². The molecule has 1 saturated carbocycles. The van der Waals surface area contributed by atoms with Gasteiger partial charge in [0, 0.05) is 24.0 Å². The summed E-state index contributed by atoms with van der Waals surface area (Å²) in [4.78, 5) is 0. The summed E-state index contributed by atoms with van der Waals surface area (Å²) in [5, 5.41) is 0.333. The van der Waals surface area contributed by atoms with Crippen LogP contribution in [0.15, 0.2) is 22.8 Å². The molecule has 300 valence electrons. The van der Waals surface area contributed by atoms with Gasteiger partial charge in [-0.1, -0.05) is 114 Å². The Morgan fingerprint density at radius 2 is 1.38 bits per heavy atom. The molecule has 0 heterocycles. The Morgan fingerprint density at radius 3 is 1.90 bits per heavy atom. The molecule has 0 N–H and O–H groups in total.